The molecule has 2 aromatic rings. The van der Waals surface area contributed by atoms with Gasteiger partial charge in [-0.1, -0.05) is 36.4 Å². The number of aromatic nitrogens is 1. The zero-order chi connectivity index (χ0) is 18.2. The average molecular weight is 341 g/mol. The molecule has 0 radical (unpaired) electrons. The Balaban J connectivity index is 2.26. The second-order valence-electron chi connectivity index (χ2n) is 5.22. The Morgan fingerprint density at radius 3 is 2.36 bits per heavy atom. The molecule has 0 unspecified atom stereocenters. The van der Waals surface area contributed by atoms with Gasteiger partial charge in [0.05, 0.1) is 6.61 Å². The highest BCUT2D eigenvalue weighted by Crippen LogP contribution is 2.10. The smallest absolute Gasteiger partial charge is 0.325 e. The summed E-state index contributed by atoms with van der Waals surface area (Å²) >= 11 is 0. The lowest BCUT2D eigenvalue weighted by Gasteiger charge is -2.21. The molecule has 25 heavy (non-hydrogen) atoms. The SMILES string of the molecule is CCOC(=O)CN(Cc1ccccc1)C(=O)c1cccc(C(N)=O)n1. The van der Waals surface area contributed by atoms with Crippen molar-refractivity contribution in [2.24, 2.45) is 5.73 Å². The number of nitrogens with two attached hydrogens (primary N) is 1. The maximum atomic E-state index is 12.8. The third kappa shape index (κ3) is 5.13. The van der Waals surface area contributed by atoms with Crippen LogP contribution in [0.25, 0.3) is 0 Å². The van der Waals surface area contributed by atoms with E-state index in [0.717, 1.165) is 5.56 Å². The van der Waals surface area contributed by atoms with Gasteiger partial charge < -0.3 is 15.4 Å². The van der Waals surface area contributed by atoms with Crippen molar-refractivity contribution in [2.45, 2.75) is 13.5 Å². The molecule has 1 aromatic carbocycles. The van der Waals surface area contributed by atoms with Gasteiger partial charge in [0.15, 0.2) is 0 Å². The topological polar surface area (TPSA) is 103 Å². The summed E-state index contributed by atoms with van der Waals surface area (Å²) in [5.41, 5.74) is 6.08. The number of nitrogens with zero attached hydrogens (tertiary/aromatic N) is 2. The molecule has 0 aliphatic carbocycles. The van der Waals surface area contributed by atoms with Crippen LogP contribution in [0.2, 0.25) is 0 Å². The molecule has 0 fully saturated rings. The lowest BCUT2D eigenvalue weighted by atomic mass is 10.2. The van der Waals surface area contributed by atoms with Gasteiger partial charge in [0.25, 0.3) is 11.8 Å². The first kappa shape index (κ1) is 18.1. The molecule has 0 aliphatic rings. The number of benzene rings is 1. The number of carbonyl (C=O) groups is 3. The van der Waals surface area contributed by atoms with E-state index in [-0.39, 0.29) is 31.1 Å². The molecule has 0 spiro atoms. The molecular weight excluding hydrogens is 322 g/mol. The number of hydrogen-bond acceptors (Lipinski definition) is 5. The van der Waals surface area contributed by atoms with Crippen LogP contribution in [-0.4, -0.2) is 40.8 Å². The second kappa shape index (κ2) is 8.58. The van der Waals surface area contributed by atoms with Gasteiger partial charge in [0.2, 0.25) is 0 Å². The van der Waals surface area contributed by atoms with Gasteiger partial charge in [0.1, 0.15) is 17.9 Å². The first-order valence-corrected chi connectivity index (χ1v) is 7.77. The second-order valence-corrected chi connectivity index (χ2v) is 5.22. The van der Waals surface area contributed by atoms with Crippen LogP contribution >= 0.6 is 0 Å². The predicted octanol–water partition coefficient (Wildman–Crippen LogP) is 1.39. The van der Waals surface area contributed by atoms with Gasteiger partial charge in [-0.2, -0.15) is 0 Å². The number of hydrogen-bond donors (Lipinski definition) is 1. The first-order chi connectivity index (χ1) is 12.0. The Bertz CT molecular complexity index is 762. The molecule has 2 rings (SSSR count). The fourth-order valence-corrected chi connectivity index (χ4v) is 2.22. The Morgan fingerprint density at radius 2 is 1.72 bits per heavy atom. The van der Waals surface area contributed by atoms with E-state index >= 15 is 0 Å². The summed E-state index contributed by atoms with van der Waals surface area (Å²) in [5, 5.41) is 0. The summed E-state index contributed by atoms with van der Waals surface area (Å²) in [6.45, 7) is 1.91. The van der Waals surface area contributed by atoms with Crippen LogP contribution in [0.15, 0.2) is 48.5 Å². The molecular formula is C18H19N3O4. The molecule has 1 heterocycles. The van der Waals surface area contributed by atoms with E-state index in [1.165, 1.54) is 23.1 Å². The molecule has 7 heteroatoms. The van der Waals surface area contributed by atoms with Crippen molar-refractivity contribution in [3.63, 3.8) is 0 Å². The lowest BCUT2D eigenvalue weighted by Crippen LogP contribution is -2.36. The van der Waals surface area contributed by atoms with Gasteiger partial charge in [0, 0.05) is 6.54 Å². The van der Waals surface area contributed by atoms with Crippen LogP contribution in [0.3, 0.4) is 0 Å². The highest BCUT2D eigenvalue weighted by atomic mass is 16.5. The number of amides is 2. The Hall–Kier alpha value is -3.22. The molecule has 0 bridgehead atoms. The molecule has 130 valence electrons. The highest BCUT2D eigenvalue weighted by Gasteiger charge is 2.21. The van der Waals surface area contributed by atoms with E-state index < -0.39 is 17.8 Å². The van der Waals surface area contributed by atoms with Crippen molar-refractivity contribution < 1.29 is 19.1 Å². The number of rotatable bonds is 7. The van der Waals surface area contributed by atoms with Gasteiger partial charge in [-0.3, -0.25) is 14.4 Å². The van der Waals surface area contributed by atoms with E-state index in [1.807, 2.05) is 30.3 Å². The van der Waals surface area contributed by atoms with Gasteiger partial charge in [-0.25, -0.2) is 4.98 Å². The summed E-state index contributed by atoms with van der Waals surface area (Å²) in [6, 6.07) is 13.6. The Kier molecular flexibility index (Phi) is 6.22. The van der Waals surface area contributed by atoms with E-state index in [4.69, 9.17) is 10.5 Å². The minimum Gasteiger partial charge on any atom is -0.465 e. The fraction of sp³-hybridized carbons (Fsp3) is 0.222. The lowest BCUT2D eigenvalue weighted by molar-refractivity contribution is -0.143. The molecule has 2 amide bonds. The van der Waals surface area contributed by atoms with Crippen LogP contribution in [0.1, 0.15) is 33.5 Å². The van der Waals surface area contributed by atoms with Crippen molar-refractivity contribution in [2.75, 3.05) is 13.2 Å². The number of primary amides is 1. The van der Waals surface area contributed by atoms with Crippen molar-refractivity contribution in [3.05, 3.63) is 65.5 Å². The number of esters is 1. The summed E-state index contributed by atoms with van der Waals surface area (Å²) in [4.78, 5) is 41.2. The molecule has 0 aliphatic heterocycles. The number of carbonyl (C=O) groups excluding carboxylic acids is 3. The minimum absolute atomic E-state index is 0.0124. The van der Waals surface area contributed by atoms with Crippen molar-refractivity contribution in [1.82, 2.24) is 9.88 Å². The minimum atomic E-state index is -0.727. The monoisotopic (exact) mass is 341 g/mol. The molecule has 1 aromatic heterocycles. The van der Waals surface area contributed by atoms with Crippen molar-refractivity contribution >= 4 is 17.8 Å². The van der Waals surface area contributed by atoms with E-state index in [9.17, 15) is 14.4 Å². The molecule has 0 atom stereocenters. The van der Waals surface area contributed by atoms with Gasteiger partial charge in [-0.15, -0.1) is 0 Å². The van der Waals surface area contributed by atoms with Crippen LogP contribution in [-0.2, 0) is 16.1 Å². The van der Waals surface area contributed by atoms with Crippen LogP contribution in [0.4, 0.5) is 0 Å². The third-order valence-corrected chi connectivity index (χ3v) is 3.35. The van der Waals surface area contributed by atoms with Crippen molar-refractivity contribution in [3.8, 4) is 0 Å². The zero-order valence-corrected chi connectivity index (χ0v) is 13.8. The van der Waals surface area contributed by atoms with E-state index in [1.54, 1.807) is 6.92 Å². The molecule has 0 saturated heterocycles. The van der Waals surface area contributed by atoms with Crippen LogP contribution in [0, 0.1) is 0 Å². The average Bonchev–Trinajstić information content (AvgIpc) is 2.61. The van der Waals surface area contributed by atoms with E-state index in [2.05, 4.69) is 4.98 Å². The standard InChI is InChI=1S/C18H19N3O4/c1-2-25-16(22)12-21(11-13-7-4-3-5-8-13)18(24)15-10-6-9-14(20-15)17(19)23/h3-10H,2,11-12H2,1H3,(H2,19,23). The summed E-state index contributed by atoms with van der Waals surface area (Å²) in [7, 11) is 0. The summed E-state index contributed by atoms with van der Waals surface area (Å²) in [5.74, 6) is -1.73. The molecule has 0 saturated carbocycles. The normalized spacial score (nSPS) is 10.1. The Labute approximate surface area is 145 Å². The Morgan fingerprint density at radius 1 is 1.04 bits per heavy atom. The van der Waals surface area contributed by atoms with Gasteiger partial charge >= 0.3 is 5.97 Å². The fourth-order valence-electron chi connectivity index (χ4n) is 2.22. The summed E-state index contributed by atoms with van der Waals surface area (Å²) < 4.78 is 4.93. The summed E-state index contributed by atoms with van der Waals surface area (Å²) in [6.07, 6.45) is 0. The maximum absolute atomic E-state index is 12.8. The first-order valence-electron chi connectivity index (χ1n) is 7.77. The quantitative estimate of drug-likeness (QED) is 0.767. The van der Waals surface area contributed by atoms with Crippen molar-refractivity contribution in [1.29, 1.82) is 0 Å². The zero-order valence-electron chi connectivity index (χ0n) is 13.8. The third-order valence-electron chi connectivity index (χ3n) is 3.35. The predicted molar refractivity (Wildman–Crippen MR) is 90.6 cm³/mol. The number of pyridine rings is 1. The number of ether oxygens (including phenoxy) is 1. The van der Waals surface area contributed by atoms with Crippen LogP contribution < -0.4 is 5.73 Å². The highest BCUT2D eigenvalue weighted by molar-refractivity contribution is 5.96. The maximum Gasteiger partial charge on any atom is 0.325 e. The largest absolute Gasteiger partial charge is 0.465 e. The van der Waals surface area contributed by atoms with E-state index in [0.29, 0.717) is 0 Å². The molecule has 2 N–H and O–H groups in total. The van der Waals surface area contributed by atoms with Crippen LogP contribution in [0.5, 0.6) is 0 Å². The molecule has 7 nitrogen and oxygen atoms in total. The van der Waals surface area contributed by atoms with Gasteiger partial charge in [-0.05, 0) is 24.6 Å².